The van der Waals surface area contributed by atoms with E-state index >= 15 is 0 Å². The summed E-state index contributed by atoms with van der Waals surface area (Å²) in [5.74, 6) is -1.23. The van der Waals surface area contributed by atoms with Crippen molar-refractivity contribution in [1.29, 1.82) is 0 Å². The molecule has 0 aliphatic rings. The smallest absolute Gasteiger partial charge is 0.129 e. The van der Waals surface area contributed by atoms with Gasteiger partial charge in [0.2, 0.25) is 0 Å². The van der Waals surface area contributed by atoms with Gasteiger partial charge in [-0.15, -0.1) is 0 Å². The number of hydrogen-bond donors (Lipinski definition) is 1. The van der Waals surface area contributed by atoms with E-state index in [1.165, 1.54) is 12.1 Å². The molecule has 0 bridgehead atoms. The van der Waals surface area contributed by atoms with E-state index in [1.54, 1.807) is 0 Å². The van der Waals surface area contributed by atoms with Crippen LogP contribution in [-0.2, 0) is 12.8 Å². The Labute approximate surface area is 125 Å². The predicted molar refractivity (Wildman–Crippen MR) is 78.5 cm³/mol. The zero-order chi connectivity index (χ0) is 14.5. The molecule has 0 amide bonds. The molecule has 0 heterocycles. The molecule has 106 valence electrons. The van der Waals surface area contributed by atoms with Gasteiger partial charge in [-0.25, -0.2) is 8.78 Å². The van der Waals surface area contributed by atoms with Crippen molar-refractivity contribution in [1.82, 2.24) is 0 Å². The van der Waals surface area contributed by atoms with Gasteiger partial charge in [-0.1, -0.05) is 34.1 Å². The first-order valence-electron chi connectivity index (χ1n) is 6.37. The molecule has 4 heteroatoms. The molecular formula is C16H15BrF2O. The molecule has 2 aromatic rings. The maximum atomic E-state index is 13.6. The van der Waals surface area contributed by atoms with Crippen LogP contribution >= 0.6 is 15.9 Å². The maximum absolute atomic E-state index is 13.6. The molecule has 0 fully saturated rings. The molecule has 1 atom stereocenters. The summed E-state index contributed by atoms with van der Waals surface area (Å²) in [4.78, 5) is 0. The van der Waals surface area contributed by atoms with Gasteiger partial charge in [0.1, 0.15) is 11.6 Å². The van der Waals surface area contributed by atoms with Gasteiger partial charge in [0, 0.05) is 17.1 Å². The standard InChI is InChI=1S/C16H15BrF2O/c17-14-4-1-11(2-5-14)7-12(10-20)8-13-3-6-15(18)9-16(13)19/h1-6,9,12,20H,7-8,10H2. The largest absolute Gasteiger partial charge is 0.396 e. The van der Waals surface area contributed by atoms with E-state index in [0.29, 0.717) is 18.4 Å². The Morgan fingerprint density at radius 3 is 2.30 bits per heavy atom. The monoisotopic (exact) mass is 340 g/mol. The van der Waals surface area contributed by atoms with Crippen LogP contribution in [0.2, 0.25) is 0 Å². The average molecular weight is 341 g/mol. The lowest BCUT2D eigenvalue weighted by Crippen LogP contribution is -2.14. The Morgan fingerprint density at radius 2 is 1.70 bits per heavy atom. The molecule has 20 heavy (non-hydrogen) atoms. The van der Waals surface area contributed by atoms with Crippen LogP contribution in [0.25, 0.3) is 0 Å². The van der Waals surface area contributed by atoms with Crippen LogP contribution in [0.3, 0.4) is 0 Å². The summed E-state index contributed by atoms with van der Waals surface area (Å²) in [6.07, 6.45) is 1.04. The first-order chi connectivity index (χ1) is 9.58. The highest BCUT2D eigenvalue weighted by Crippen LogP contribution is 2.19. The fourth-order valence-corrected chi connectivity index (χ4v) is 2.42. The second-order valence-corrected chi connectivity index (χ2v) is 5.73. The van der Waals surface area contributed by atoms with E-state index in [2.05, 4.69) is 15.9 Å². The van der Waals surface area contributed by atoms with Crippen LogP contribution in [0.1, 0.15) is 11.1 Å². The number of halogens is 3. The van der Waals surface area contributed by atoms with Gasteiger partial charge in [0.05, 0.1) is 0 Å². The van der Waals surface area contributed by atoms with E-state index in [4.69, 9.17) is 0 Å². The highest BCUT2D eigenvalue weighted by Gasteiger charge is 2.13. The average Bonchev–Trinajstić information content (AvgIpc) is 2.43. The summed E-state index contributed by atoms with van der Waals surface area (Å²) >= 11 is 3.36. The zero-order valence-electron chi connectivity index (χ0n) is 10.8. The summed E-state index contributed by atoms with van der Waals surface area (Å²) < 4.78 is 27.5. The lowest BCUT2D eigenvalue weighted by molar-refractivity contribution is 0.224. The first-order valence-corrected chi connectivity index (χ1v) is 7.17. The van der Waals surface area contributed by atoms with Crippen molar-refractivity contribution >= 4 is 15.9 Å². The van der Waals surface area contributed by atoms with Gasteiger partial charge in [-0.05, 0) is 48.1 Å². The van der Waals surface area contributed by atoms with Crippen LogP contribution in [0.5, 0.6) is 0 Å². The highest BCUT2D eigenvalue weighted by molar-refractivity contribution is 9.10. The number of hydrogen-bond acceptors (Lipinski definition) is 1. The molecule has 0 aliphatic carbocycles. The van der Waals surface area contributed by atoms with Crippen molar-refractivity contribution in [3.8, 4) is 0 Å². The molecule has 2 aromatic carbocycles. The van der Waals surface area contributed by atoms with Gasteiger partial charge in [0.25, 0.3) is 0 Å². The Morgan fingerprint density at radius 1 is 1.00 bits per heavy atom. The summed E-state index contributed by atoms with van der Waals surface area (Å²) in [6, 6.07) is 11.4. The van der Waals surface area contributed by atoms with Crippen LogP contribution < -0.4 is 0 Å². The van der Waals surface area contributed by atoms with E-state index in [0.717, 1.165) is 16.1 Å². The number of rotatable bonds is 5. The van der Waals surface area contributed by atoms with E-state index in [-0.39, 0.29) is 12.5 Å². The summed E-state index contributed by atoms with van der Waals surface area (Å²) in [6.45, 7) is -0.0348. The highest BCUT2D eigenvalue weighted by atomic mass is 79.9. The minimum Gasteiger partial charge on any atom is -0.396 e. The molecule has 1 nitrogen and oxygen atoms in total. The third kappa shape index (κ3) is 4.12. The van der Waals surface area contributed by atoms with E-state index in [9.17, 15) is 13.9 Å². The van der Waals surface area contributed by atoms with Crippen molar-refractivity contribution in [2.75, 3.05) is 6.61 Å². The number of aliphatic hydroxyl groups is 1. The Bertz CT molecular complexity index is 569. The number of aliphatic hydroxyl groups excluding tert-OH is 1. The normalized spacial score (nSPS) is 12.4. The van der Waals surface area contributed by atoms with Crippen molar-refractivity contribution in [3.05, 3.63) is 69.7 Å². The SMILES string of the molecule is OCC(Cc1ccc(Br)cc1)Cc1ccc(F)cc1F. The summed E-state index contributed by atoms with van der Waals surface area (Å²) in [7, 11) is 0. The van der Waals surface area contributed by atoms with Crippen LogP contribution in [0.15, 0.2) is 46.9 Å². The fourth-order valence-electron chi connectivity index (χ4n) is 2.15. The van der Waals surface area contributed by atoms with Gasteiger partial charge in [-0.2, -0.15) is 0 Å². The second kappa shape index (κ2) is 6.95. The van der Waals surface area contributed by atoms with Crippen molar-refractivity contribution in [2.45, 2.75) is 12.8 Å². The topological polar surface area (TPSA) is 20.2 Å². The van der Waals surface area contributed by atoms with Gasteiger partial charge in [-0.3, -0.25) is 0 Å². The third-order valence-corrected chi connectivity index (χ3v) is 3.75. The van der Waals surface area contributed by atoms with Gasteiger partial charge >= 0.3 is 0 Å². The summed E-state index contributed by atoms with van der Waals surface area (Å²) in [5.41, 5.74) is 1.51. The number of benzene rings is 2. The lowest BCUT2D eigenvalue weighted by atomic mass is 9.93. The summed E-state index contributed by atoms with van der Waals surface area (Å²) in [5, 5.41) is 9.44. The maximum Gasteiger partial charge on any atom is 0.129 e. The molecular weight excluding hydrogens is 326 g/mol. The predicted octanol–water partition coefficient (Wildman–Crippen LogP) is 4.12. The zero-order valence-corrected chi connectivity index (χ0v) is 12.4. The van der Waals surface area contributed by atoms with Gasteiger partial charge < -0.3 is 5.11 Å². The van der Waals surface area contributed by atoms with Crippen molar-refractivity contribution < 1.29 is 13.9 Å². The lowest BCUT2D eigenvalue weighted by Gasteiger charge is -2.15. The van der Waals surface area contributed by atoms with E-state index in [1.807, 2.05) is 24.3 Å². The Kier molecular flexibility index (Phi) is 5.26. The quantitative estimate of drug-likeness (QED) is 0.867. The Balaban J connectivity index is 2.07. The van der Waals surface area contributed by atoms with Crippen LogP contribution in [0.4, 0.5) is 8.78 Å². The molecule has 0 aliphatic heterocycles. The molecule has 0 saturated carbocycles. The second-order valence-electron chi connectivity index (χ2n) is 4.82. The van der Waals surface area contributed by atoms with E-state index < -0.39 is 11.6 Å². The molecule has 1 N–H and O–H groups in total. The van der Waals surface area contributed by atoms with Gasteiger partial charge in [0.15, 0.2) is 0 Å². The Hall–Kier alpha value is -1.26. The molecule has 1 unspecified atom stereocenters. The fraction of sp³-hybridized carbons (Fsp3) is 0.250. The van der Waals surface area contributed by atoms with Crippen molar-refractivity contribution in [3.63, 3.8) is 0 Å². The molecule has 0 spiro atoms. The minimum atomic E-state index is -0.584. The molecule has 0 radical (unpaired) electrons. The molecule has 2 rings (SSSR count). The third-order valence-electron chi connectivity index (χ3n) is 3.22. The van der Waals surface area contributed by atoms with Crippen LogP contribution in [-0.4, -0.2) is 11.7 Å². The minimum absolute atomic E-state index is 0.0348. The first kappa shape index (κ1) is 15.1. The van der Waals surface area contributed by atoms with Crippen molar-refractivity contribution in [2.24, 2.45) is 5.92 Å². The molecule has 0 saturated heterocycles. The van der Waals surface area contributed by atoms with Crippen LogP contribution in [0, 0.1) is 17.6 Å². The molecule has 0 aromatic heterocycles.